The molecular formula is C30H64FNO3S. The van der Waals surface area contributed by atoms with Crippen LogP contribution in [0.3, 0.4) is 0 Å². The lowest BCUT2D eigenvalue weighted by Crippen LogP contribution is -2.11. The molecule has 0 saturated heterocycles. The minimum absolute atomic E-state index is 0.147. The zero-order valence-corrected chi connectivity index (χ0v) is 25.4. The molecule has 0 fully saturated rings. The molecule has 0 aliphatic carbocycles. The topological polar surface area (TPSA) is 55.4 Å². The summed E-state index contributed by atoms with van der Waals surface area (Å²) in [7, 11) is 0.401. The summed E-state index contributed by atoms with van der Waals surface area (Å²) < 4.78 is 41.0. The molecule has 0 saturated carbocycles. The van der Waals surface area contributed by atoms with Gasteiger partial charge in [0, 0.05) is 0 Å². The van der Waals surface area contributed by atoms with Crippen molar-refractivity contribution in [3.05, 3.63) is 0 Å². The predicted octanol–water partition coefficient (Wildman–Crippen LogP) is 9.52. The summed E-state index contributed by atoms with van der Waals surface area (Å²) in [5.41, 5.74) is 0. The molecule has 0 aromatic carbocycles. The Morgan fingerprint density at radius 2 is 0.833 bits per heavy atom. The summed E-state index contributed by atoms with van der Waals surface area (Å²) in [5, 5.41) is 2.75. The molecule has 36 heavy (non-hydrogen) atoms. The lowest BCUT2D eigenvalue weighted by molar-refractivity contribution is 0.305. The molecule has 0 heterocycles. The lowest BCUT2D eigenvalue weighted by atomic mass is 10.0. The van der Waals surface area contributed by atoms with E-state index in [0.717, 1.165) is 51.4 Å². The van der Waals surface area contributed by atoms with Crippen LogP contribution in [0.25, 0.3) is 0 Å². The molecule has 0 radical (unpaired) electrons. The minimum atomic E-state index is -3.35. The second-order valence-electron chi connectivity index (χ2n) is 10.4. The summed E-state index contributed by atoms with van der Waals surface area (Å²) >= 11 is 0. The summed E-state index contributed by atoms with van der Waals surface area (Å²) in [6, 6.07) is 0. The number of nitrogens with one attached hydrogen (secondary N) is 1. The first-order chi connectivity index (χ1) is 17.5. The van der Waals surface area contributed by atoms with Gasteiger partial charge in [-0.3, -0.25) is 8.57 Å². The number of rotatable bonds is 28. The van der Waals surface area contributed by atoms with Crippen LogP contribution in [0.4, 0.5) is 4.39 Å². The molecule has 0 aromatic heterocycles. The van der Waals surface area contributed by atoms with Crippen LogP contribution in [0.1, 0.15) is 161 Å². The molecule has 0 unspecified atom stereocenters. The van der Waals surface area contributed by atoms with Crippen molar-refractivity contribution in [2.24, 2.45) is 0 Å². The molecule has 0 aliphatic rings. The number of halogens is 1. The summed E-state index contributed by atoms with van der Waals surface area (Å²) in [5.74, 6) is 0.147. The Bertz CT molecular complexity index is 489. The van der Waals surface area contributed by atoms with Crippen molar-refractivity contribution < 1.29 is 17.0 Å². The second-order valence-corrected chi connectivity index (χ2v) is 12.2. The van der Waals surface area contributed by atoms with E-state index in [1.54, 1.807) is 0 Å². The highest BCUT2D eigenvalue weighted by atomic mass is 32.2. The van der Waals surface area contributed by atoms with Crippen molar-refractivity contribution in [3.8, 4) is 0 Å². The highest BCUT2D eigenvalue weighted by Gasteiger charge is 2.10. The van der Waals surface area contributed by atoms with E-state index in [1.165, 1.54) is 89.9 Å². The lowest BCUT2D eigenvalue weighted by Gasteiger charge is -2.06. The Morgan fingerprint density at radius 1 is 0.528 bits per heavy atom. The van der Waals surface area contributed by atoms with Crippen LogP contribution in [0.2, 0.25) is 0 Å². The third kappa shape index (κ3) is 36.0. The molecule has 0 amide bonds. The fourth-order valence-electron chi connectivity index (χ4n) is 4.33. The van der Waals surface area contributed by atoms with Crippen molar-refractivity contribution in [3.63, 3.8) is 0 Å². The van der Waals surface area contributed by atoms with Gasteiger partial charge in [0.1, 0.15) is 0 Å². The highest BCUT2D eigenvalue weighted by Crippen LogP contribution is 2.14. The van der Waals surface area contributed by atoms with Gasteiger partial charge >= 0.3 is 0 Å². The molecule has 6 heteroatoms. The van der Waals surface area contributed by atoms with Gasteiger partial charge in [0.15, 0.2) is 0 Å². The van der Waals surface area contributed by atoms with Crippen LogP contribution in [0, 0.1) is 0 Å². The Morgan fingerprint density at radius 3 is 1.19 bits per heavy atom. The average Bonchev–Trinajstić information content (AvgIpc) is 2.85. The van der Waals surface area contributed by atoms with E-state index in [2.05, 4.69) is 12.2 Å². The summed E-state index contributed by atoms with van der Waals surface area (Å²) in [6.07, 6.45) is 28.7. The first-order valence-electron chi connectivity index (χ1n) is 15.6. The highest BCUT2D eigenvalue weighted by molar-refractivity contribution is 7.86. The van der Waals surface area contributed by atoms with Gasteiger partial charge in [-0.15, -0.1) is 0 Å². The molecule has 4 nitrogen and oxygen atoms in total. The number of hydrogen-bond donors (Lipinski definition) is 1. The third-order valence-corrected chi connectivity index (χ3v) is 7.85. The Hall–Kier alpha value is -0.200. The van der Waals surface area contributed by atoms with E-state index < -0.39 is 10.1 Å². The van der Waals surface area contributed by atoms with E-state index in [9.17, 15) is 12.8 Å². The number of alkyl halides is 1. The average molecular weight is 538 g/mol. The van der Waals surface area contributed by atoms with Gasteiger partial charge in [-0.25, -0.2) is 0 Å². The van der Waals surface area contributed by atoms with Crippen molar-refractivity contribution in [2.75, 3.05) is 33.1 Å². The van der Waals surface area contributed by atoms with Gasteiger partial charge in [-0.1, -0.05) is 142 Å². The minimum Gasteiger partial charge on any atom is -0.323 e. The Labute approximate surface area is 226 Å². The maximum atomic E-state index is 12.0. The summed E-state index contributed by atoms with van der Waals surface area (Å²) in [4.78, 5) is 0. The van der Waals surface area contributed by atoms with Crippen molar-refractivity contribution in [2.45, 2.75) is 161 Å². The molecule has 220 valence electrons. The quantitative estimate of drug-likeness (QED) is 0.0797. The maximum absolute atomic E-state index is 12.0. The zero-order valence-electron chi connectivity index (χ0n) is 24.6. The molecule has 0 spiro atoms. The standard InChI is InChI=1S/C28H57FO3S.C2H7N/c1-2-3-4-5-6-7-8-9-10-11-12-13-15-18-21-24-27-32-33(30,31)28-25-22-19-16-14-17-20-23-26-29;1-3-2/h2-28H2,1H3;3H,1-2H3. The van der Waals surface area contributed by atoms with E-state index in [-0.39, 0.29) is 12.4 Å². The number of hydrogen-bond acceptors (Lipinski definition) is 4. The zero-order chi connectivity index (χ0) is 27.0. The first kappa shape index (κ1) is 37.9. The normalized spacial score (nSPS) is 11.4. The van der Waals surface area contributed by atoms with Crippen molar-refractivity contribution in [1.82, 2.24) is 5.32 Å². The van der Waals surface area contributed by atoms with Gasteiger partial charge in [0.05, 0.1) is 19.0 Å². The maximum Gasteiger partial charge on any atom is 0.267 e. The molecule has 0 bridgehead atoms. The van der Waals surface area contributed by atoms with Crippen LogP contribution in [-0.2, 0) is 14.3 Å². The smallest absolute Gasteiger partial charge is 0.267 e. The van der Waals surface area contributed by atoms with E-state index >= 15 is 0 Å². The van der Waals surface area contributed by atoms with Gasteiger partial charge in [0.2, 0.25) is 0 Å². The SMILES string of the molecule is CCCCCCCCCCCCCCCCCCOS(=O)(=O)CCCCCCCCCCF.CNC. The van der Waals surface area contributed by atoms with Crippen LogP contribution in [0.5, 0.6) is 0 Å². The summed E-state index contributed by atoms with van der Waals surface area (Å²) in [6.45, 7) is 2.40. The monoisotopic (exact) mass is 537 g/mol. The second kappa shape index (κ2) is 32.8. The van der Waals surface area contributed by atoms with E-state index in [0.29, 0.717) is 19.4 Å². The van der Waals surface area contributed by atoms with Crippen LogP contribution < -0.4 is 5.32 Å². The molecular weight excluding hydrogens is 473 g/mol. The number of unbranched alkanes of at least 4 members (excludes halogenated alkanes) is 22. The molecule has 0 rings (SSSR count). The molecule has 0 aliphatic heterocycles. The van der Waals surface area contributed by atoms with Crippen LogP contribution in [0.15, 0.2) is 0 Å². The van der Waals surface area contributed by atoms with Crippen LogP contribution in [-0.4, -0.2) is 41.5 Å². The fourth-order valence-corrected chi connectivity index (χ4v) is 5.38. The van der Waals surface area contributed by atoms with Gasteiger partial charge in [0.25, 0.3) is 10.1 Å². The van der Waals surface area contributed by atoms with Gasteiger partial charge in [-0.05, 0) is 33.4 Å². The van der Waals surface area contributed by atoms with Crippen LogP contribution >= 0.6 is 0 Å². The fraction of sp³-hybridized carbons (Fsp3) is 1.00. The largest absolute Gasteiger partial charge is 0.323 e. The molecule has 1 N–H and O–H groups in total. The molecule has 0 aromatic rings. The third-order valence-electron chi connectivity index (χ3n) is 6.54. The first-order valence-corrected chi connectivity index (χ1v) is 17.1. The van der Waals surface area contributed by atoms with Gasteiger partial charge in [-0.2, -0.15) is 8.42 Å². The van der Waals surface area contributed by atoms with Crippen molar-refractivity contribution >= 4 is 10.1 Å². The Balaban J connectivity index is 0. The van der Waals surface area contributed by atoms with Gasteiger partial charge < -0.3 is 5.32 Å². The Kier molecular flexibility index (Phi) is 34.6. The van der Waals surface area contributed by atoms with Crippen molar-refractivity contribution in [1.29, 1.82) is 0 Å². The van der Waals surface area contributed by atoms with E-state index in [1.807, 2.05) is 14.1 Å². The molecule has 0 atom stereocenters. The van der Waals surface area contributed by atoms with E-state index in [4.69, 9.17) is 4.18 Å². The predicted molar refractivity (Wildman–Crippen MR) is 157 cm³/mol.